The third-order valence-corrected chi connectivity index (χ3v) is 2.97. The summed E-state index contributed by atoms with van der Waals surface area (Å²) in [5.41, 5.74) is 0.330. The number of nitrogens with zero attached hydrogens (tertiary/aromatic N) is 3. The highest BCUT2D eigenvalue weighted by molar-refractivity contribution is 5.89. The van der Waals surface area contributed by atoms with Gasteiger partial charge in [-0.25, -0.2) is 4.79 Å². The molecule has 0 saturated heterocycles. The first-order valence-electron chi connectivity index (χ1n) is 7.05. The maximum Gasteiger partial charge on any atom is 0.320 e. The summed E-state index contributed by atoms with van der Waals surface area (Å²) in [7, 11) is 0. The highest BCUT2D eigenvalue weighted by Crippen LogP contribution is 2.15. The number of hydrogen-bond acceptors (Lipinski definition) is 4. The van der Waals surface area contributed by atoms with E-state index in [9.17, 15) is 9.90 Å². The number of carbonyl (C=O) groups is 1. The first-order valence-corrected chi connectivity index (χ1v) is 7.05. The van der Waals surface area contributed by atoms with Crippen molar-refractivity contribution in [3.05, 3.63) is 11.8 Å². The van der Waals surface area contributed by atoms with E-state index in [0.29, 0.717) is 18.5 Å². The van der Waals surface area contributed by atoms with Crippen LogP contribution in [-0.4, -0.2) is 33.6 Å². The molecular formula is C14H23N5O2. The quantitative estimate of drug-likeness (QED) is 0.744. The molecule has 0 bridgehead atoms. The van der Waals surface area contributed by atoms with Crippen LogP contribution in [0.15, 0.2) is 6.20 Å². The van der Waals surface area contributed by atoms with Gasteiger partial charge in [0.1, 0.15) is 11.6 Å². The fourth-order valence-corrected chi connectivity index (χ4v) is 1.91. The molecule has 1 aromatic heterocycles. The van der Waals surface area contributed by atoms with E-state index in [2.05, 4.69) is 15.7 Å². The third-order valence-electron chi connectivity index (χ3n) is 2.97. The van der Waals surface area contributed by atoms with Gasteiger partial charge in [-0.3, -0.25) is 10.00 Å². The zero-order valence-corrected chi connectivity index (χ0v) is 12.9. The van der Waals surface area contributed by atoms with Crippen LogP contribution in [0.3, 0.4) is 0 Å². The van der Waals surface area contributed by atoms with Crippen molar-refractivity contribution in [3.63, 3.8) is 0 Å². The van der Waals surface area contributed by atoms with E-state index in [-0.39, 0.29) is 17.8 Å². The Balaban J connectivity index is 2.57. The molecule has 0 aromatic carbocycles. The van der Waals surface area contributed by atoms with Crippen molar-refractivity contribution in [2.24, 2.45) is 5.92 Å². The lowest BCUT2D eigenvalue weighted by molar-refractivity contribution is 0.163. The molecule has 116 valence electrons. The molecule has 1 heterocycles. The summed E-state index contributed by atoms with van der Waals surface area (Å²) < 4.78 is 1.63. The van der Waals surface area contributed by atoms with Crippen molar-refractivity contribution in [2.45, 2.75) is 46.3 Å². The first-order chi connectivity index (χ1) is 9.83. The third kappa shape index (κ3) is 5.44. The molecule has 0 spiro atoms. The summed E-state index contributed by atoms with van der Waals surface area (Å²) in [5.74, 6) is 0.422. The minimum atomic E-state index is -0.405. The minimum absolute atomic E-state index is 0.113. The van der Waals surface area contributed by atoms with E-state index in [1.807, 2.05) is 26.8 Å². The van der Waals surface area contributed by atoms with Gasteiger partial charge in [0.05, 0.1) is 6.10 Å². The summed E-state index contributed by atoms with van der Waals surface area (Å²) in [6.45, 7) is 7.99. The van der Waals surface area contributed by atoms with E-state index >= 15 is 0 Å². The molecule has 0 radical (unpaired) electrons. The van der Waals surface area contributed by atoms with Crippen LogP contribution < -0.4 is 10.6 Å². The van der Waals surface area contributed by atoms with Gasteiger partial charge in [-0.15, -0.1) is 0 Å². The Kier molecular flexibility index (Phi) is 6.18. The normalized spacial score (nSPS) is 13.6. The van der Waals surface area contributed by atoms with Gasteiger partial charge < -0.3 is 10.4 Å². The fourth-order valence-electron chi connectivity index (χ4n) is 1.91. The zero-order valence-electron chi connectivity index (χ0n) is 12.9. The zero-order chi connectivity index (χ0) is 16.0. The van der Waals surface area contributed by atoms with Crippen LogP contribution in [0.25, 0.3) is 0 Å². The highest BCUT2D eigenvalue weighted by Gasteiger charge is 2.14. The molecule has 0 aliphatic carbocycles. The Hall–Kier alpha value is -2.07. The lowest BCUT2D eigenvalue weighted by Gasteiger charge is -2.14. The molecule has 21 heavy (non-hydrogen) atoms. The number of nitrogens with one attached hydrogen (secondary N) is 2. The largest absolute Gasteiger partial charge is 0.393 e. The van der Waals surface area contributed by atoms with Crippen molar-refractivity contribution in [3.8, 4) is 6.07 Å². The molecular weight excluding hydrogens is 270 g/mol. The summed E-state index contributed by atoms with van der Waals surface area (Å²) in [4.78, 5) is 11.8. The number of carbonyl (C=O) groups excluding carboxylic acids is 1. The molecule has 7 heteroatoms. The number of nitriles is 1. The number of aliphatic hydroxyl groups excluding tert-OH is 1. The topological polar surface area (TPSA) is 103 Å². The van der Waals surface area contributed by atoms with Gasteiger partial charge in [-0.1, -0.05) is 6.92 Å². The molecule has 3 N–H and O–H groups in total. The standard InChI is InChI=1S/C14H23N5O2/c1-9(2)19-8-12(6-15)13(18-19)17-14(21)16-7-10(3)5-11(4)20/h8-11,20H,5,7H2,1-4H3,(H2,16,17,18,21). The van der Waals surface area contributed by atoms with Crippen LogP contribution in [-0.2, 0) is 0 Å². The lowest BCUT2D eigenvalue weighted by Crippen LogP contribution is -2.33. The number of hydrogen-bond donors (Lipinski definition) is 3. The molecule has 0 aliphatic heterocycles. The summed E-state index contributed by atoms with van der Waals surface area (Å²) >= 11 is 0. The Labute approximate surface area is 125 Å². The van der Waals surface area contributed by atoms with Gasteiger partial charge in [0, 0.05) is 18.8 Å². The molecule has 1 rings (SSSR count). The summed E-state index contributed by atoms with van der Waals surface area (Å²) in [5, 5.41) is 27.8. The summed E-state index contributed by atoms with van der Waals surface area (Å²) in [6, 6.07) is 1.72. The van der Waals surface area contributed by atoms with Crippen LogP contribution in [0.2, 0.25) is 0 Å². The van der Waals surface area contributed by atoms with Crippen molar-refractivity contribution < 1.29 is 9.90 Å². The van der Waals surface area contributed by atoms with Gasteiger partial charge in [0.2, 0.25) is 0 Å². The molecule has 7 nitrogen and oxygen atoms in total. The second-order valence-corrected chi connectivity index (χ2v) is 5.60. The average molecular weight is 293 g/mol. The lowest BCUT2D eigenvalue weighted by atomic mass is 10.1. The van der Waals surface area contributed by atoms with Crippen molar-refractivity contribution in [2.75, 3.05) is 11.9 Å². The number of urea groups is 1. The van der Waals surface area contributed by atoms with Gasteiger partial charge in [0.15, 0.2) is 5.82 Å². The molecule has 2 unspecified atom stereocenters. The van der Waals surface area contributed by atoms with E-state index in [0.717, 1.165) is 0 Å². The number of anilines is 1. The Morgan fingerprint density at radius 1 is 1.48 bits per heavy atom. The van der Waals surface area contributed by atoms with E-state index in [1.54, 1.807) is 17.8 Å². The molecule has 2 atom stereocenters. The molecule has 1 aromatic rings. The van der Waals surface area contributed by atoms with Crippen molar-refractivity contribution >= 4 is 11.8 Å². The Bertz CT molecular complexity index is 516. The van der Waals surface area contributed by atoms with Crippen LogP contribution in [0.4, 0.5) is 10.6 Å². The Morgan fingerprint density at radius 2 is 2.14 bits per heavy atom. The predicted octanol–water partition coefficient (Wildman–Crippen LogP) is 1.86. The van der Waals surface area contributed by atoms with E-state index < -0.39 is 12.1 Å². The van der Waals surface area contributed by atoms with Crippen LogP contribution >= 0.6 is 0 Å². The molecule has 2 amide bonds. The van der Waals surface area contributed by atoms with E-state index in [1.165, 1.54) is 0 Å². The number of aliphatic hydroxyl groups is 1. The number of amides is 2. The van der Waals surface area contributed by atoms with Crippen LogP contribution in [0.5, 0.6) is 0 Å². The second-order valence-electron chi connectivity index (χ2n) is 5.60. The van der Waals surface area contributed by atoms with Gasteiger partial charge in [-0.2, -0.15) is 10.4 Å². The number of aromatic nitrogens is 2. The smallest absolute Gasteiger partial charge is 0.320 e. The first kappa shape index (κ1) is 17.0. The number of rotatable bonds is 6. The SMILES string of the molecule is CC(O)CC(C)CNC(=O)Nc1nn(C(C)C)cc1C#N. The fraction of sp³-hybridized carbons (Fsp3) is 0.643. The van der Waals surface area contributed by atoms with Gasteiger partial charge in [-0.05, 0) is 33.1 Å². The second kappa shape index (κ2) is 7.64. The molecule has 0 aliphatic rings. The maximum absolute atomic E-state index is 11.8. The Morgan fingerprint density at radius 3 is 2.67 bits per heavy atom. The molecule has 0 fully saturated rings. The summed E-state index contributed by atoms with van der Waals surface area (Å²) in [6.07, 6.45) is 1.83. The van der Waals surface area contributed by atoms with Crippen molar-refractivity contribution in [1.29, 1.82) is 5.26 Å². The van der Waals surface area contributed by atoms with E-state index in [4.69, 9.17) is 5.26 Å². The monoisotopic (exact) mass is 293 g/mol. The van der Waals surface area contributed by atoms with Crippen LogP contribution in [0.1, 0.15) is 45.7 Å². The van der Waals surface area contributed by atoms with Gasteiger partial charge in [0.25, 0.3) is 0 Å². The van der Waals surface area contributed by atoms with Crippen LogP contribution in [0, 0.1) is 17.2 Å². The molecule has 0 saturated carbocycles. The van der Waals surface area contributed by atoms with Crippen molar-refractivity contribution in [1.82, 2.24) is 15.1 Å². The highest BCUT2D eigenvalue weighted by atomic mass is 16.3. The van der Waals surface area contributed by atoms with Gasteiger partial charge >= 0.3 is 6.03 Å². The maximum atomic E-state index is 11.8. The minimum Gasteiger partial charge on any atom is -0.393 e. The average Bonchev–Trinajstić information content (AvgIpc) is 2.79. The predicted molar refractivity (Wildman–Crippen MR) is 79.8 cm³/mol.